The van der Waals surface area contributed by atoms with E-state index in [0.29, 0.717) is 17.2 Å². The molecule has 3 heterocycles. The smallest absolute Gasteiger partial charge is 0.333 e. The molecule has 4 atom stereocenters. The van der Waals surface area contributed by atoms with Crippen LogP contribution < -0.4 is 10.5 Å². The van der Waals surface area contributed by atoms with Crippen molar-refractivity contribution < 1.29 is 22.8 Å². The SMILES string of the molecule is NS(=O)(=O)OC[C@H]1C[C@@H](Nc2ccnc3cc(-c4ccc5ncccc5c4)nn23)[C@H](O)[C@@H]1O. The first kappa shape index (κ1) is 21.7. The van der Waals surface area contributed by atoms with E-state index in [1.807, 2.05) is 36.4 Å². The van der Waals surface area contributed by atoms with Crippen molar-refractivity contribution in [3.63, 3.8) is 0 Å². The Labute approximate surface area is 189 Å². The highest BCUT2D eigenvalue weighted by atomic mass is 32.2. The number of fused-ring (bicyclic) bond motifs is 2. The molecule has 1 aliphatic carbocycles. The third-order valence-corrected chi connectivity index (χ3v) is 6.30. The molecule has 5 N–H and O–H groups in total. The first-order chi connectivity index (χ1) is 15.8. The van der Waals surface area contributed by atoms with Gasteiger partial charge in [-0.25, -0.2) is 10.1 Å². The van der Waals surface area contributed by atoms with Crippen molar-refractivity contribution in [1.29, 1.82) is 0 Å². The second-order valence-corrected chi connectivity index (χ2v) is 9.27. The van der Waals surface area contributed by atoms with Gasteiger partial charge in [0.15, 0.2) is 5.65 Å². The lowest BCUT2D eigenvalue weighted by atomic mass is 10.1. The molecule has 0 aliphatic heterocycles. The number of aliphatic hydroxyl groups is 2. The Morgan fingerprint density at radius 2 is 1.97 bits per heavy atom. The molecule has 1 saturated carbocycles. The fraction of sp³-hybridized carbons (Fsp3) is 0.286. The number of nitrogens with zero attached hydrogens (tertiary/aromatic N) is 4. The number of benzene rings is 1. The van der Waals surface area contributed by atoms with E-state index in [2.05, 4.69) is 24.6 Å². The quantitative estimate of drug-likeness (QED) is 0.317. The summed E-state index contributed by atoms with van der Waals surface area (Å²) < 4.78 is 28.3. The van der Waals surface area contributed by atoms with Gasteiger partial charge in [-0.2, -0.15) is 18.0 Å². The molecule has 3 aromatic heterocycles. The molecule has 0 bridgehead atoms. The molecule has 0 saturated heterocycles. The molecule has 0 unspecified atom stereocenters. The summed E-state index contributed by atoms with van der Waals surface area (Å²) in [5, 5.41) is 34.5. The van der Waals surface area contributed by atoms with Crippen molar-refractivity contribution in [2.75, 3.05) is 11.9 Å². The zero-order valence-corrected chi connectivity index (χ0v) is 18.1. The van der Waals surface area contributed by atoms with Crippen molar-refractivity contribution in [3.05, 3.63) is 54.9 Å². The highest BCUT2D eigenvalue weighted by Gasteiger charge is 2.42. The van der Waals surface area contributed by atoms with Crippen molar-refractivity contribution >= 4 is 32.7 Å². The Hall–Kier alpha value is -3.16. The second-order valence-electron chi connectivity index (χ2n) is 8.05. The normalized spacial score (nSPS) is 23.4. The third-order valence-electron chi connectivity index (χ3n) is 5.84. The van der Waals surface area contributed by atoms with E-state index in [1.165, 1.54) is 0 Å². The lowest BCUT2D eigenvalue weighted by molar-refractivity contribution is 0.00777. The molecule has 12 heteroatoms. The predicted molar refractivity (Wildman–Crippen MR) is 120 cm³/mol. The molecule has 1 fully saturated rings. The van der Waals surface area contributed by atoms with E-state index in [4.69, 9.17) is 5.14 Å². The van der Waals surface area contributed by atoms with Gasteiger partial charge < -0.3 is 15.5 Å². The Morgan fingerprint density at radius 3 is 2.79 bits per heavy atom. The minimum atomic E-state index is -4.13. The Kier molecular flexibility index (Phi) is 5.46. The number of anilines is 1. The number of aromatic nitrogens is 4. The third kappa shape index (κ3) is 4.38. The monoisotopic (exact) mass is 470 g/mol. The van der Waals surface area contributed by atoms with Crippen molar-refractivity contribution in [2.45, 2.75) is 24.7 Å². The second kappa shape index (κ2) is 8.32. The van der Waals surface area contributed by atoms with E-state index < -0.39 is 34.5 Å². The van der Waals surface area contributed by atoms with Gasteiger partial charge in [0.25, 0.3) is 0 Å². The summed E-state index contributed by atoms with van der Waals surface area (Å²) in [6.45, 7) is -0.316. The summed E-state index contributed by atoms with van der Waals surface area (Å²) in [5.41, 5.74) is 3.11. The van der Waals surface area contributed by atoms with Gasteiger partial charge in [-0.3, -0.25) is 9.17 Å². The van der Waals surface area contributed by atoms with Crippen LogP contribution in [0.3, 0.4) is 0 Å². The number of hydrogen-bond donors (Lipinski definition) is 4. The van der Waals surface area contributed by atoms with E-state index in [0.717, 1.165) is 16.5 Å². The molecule has 33 heavy (non-hydrogen) atoms. The average Bonchev–Trinajstić information content (AvgIpc) is 3.34. The summed E-state index contributed by atoms with van der Waals surface area (Å²) in [7, 11) is -4.13. The highest BCUT2D eigenvalue weighted by Crippen LogP contribution is 2.30. The maximum atomic E-state index is 11.1. The number of nitrogens with two attached hydrogens (primary N) is 1. The van der Waals surface area contributed by atoms with Gasteiger partial charge in [-0.15, -0.1) is 0 Å². The highest BCUT2D eigenvalue weighted by molar-refractivity contribution is 7.84. The molecule has 1 aromatic carbocycles. The molecule has 4 aromatic rings. The van der Waals surface area contributed by atoms with Gasteiger partial charge in [0.1, 0.15) is 11.9 Å². The molecule has 11 nitrogen and oxygen atoms in total. The summed E-state index contributed by atoms with van der Waals surface area (Å²) in [5.74, 6) is -0.0366. The van der Waals surface area contributed by atoms with Crippen molar-refractivity contribution in [3.8, 4) is 11.3 Å². The summed E-state index contributed by atoms with van der Waals surface area (Å²) in [6, 6.07) is 12.7. The molecular formula is C21H22N6O5S. The molecule has 0 amide bonds. The number of rotatable bonds is 6. The molecule has 0 radical (unpaired) electrons. The van der Waals surface area contributed by atoms with Crippen LogP contribution >= 0.6 is 0 Å². The van der Waals surface area contributed by atoms with Crippen LogP contribution in [0.15, 0.2) is 54.9 Å². The van der Waals surface area contributed by atoms with E-state index in [9.17, 15) is 18.6 Å². The summed E-state index contributed by atoms with van der Waals surface area (Å²) in [6.07, 6.45) is 1.33. The van der Waals surface area contributed by atoms with E-state index in [-0.39, 0.29) is 13.0 Å². The number of pyridine rings is 1. The molecule has 172 valence electrons. The Bertz CT molecular complexity index is 1430. The summed E-state index contributed by atoms with van der Waals surface area (Å²) in [4.78, 5) is 8.70. The molecular weight excluding hydrogens is 448 g/mol. The van der Waals surface area contributed by atoms with Crippen LogP contribution in [0, 0.1) is 5.92 Å². The van der Waals surface area contributed by atoms with Crippen LogP contribution in [0.1, 0.15) is 6.42 Å². The Morgan fingerprint density at radius 1 is 1.12 bits per heavy atom. The number of aliphatic hydroxyl groups excluding tert-OH is 2. The van der Waals surface area contributed by atoms with Crippen LogP contribution in [0.5, 0.6) is 0 Å². The van der Waals surface area contributed by atoms with Crippen LogP contribution in [-0.4, -0.2) is 63.1 Å². The van der Waals surface area contributed by atoms with E-state index in [1.54, 1.807) is 23.0 Å². The minimum Gasteiger partial charge on any atom is -0.390 e. The molecule has 5 rings (SSSR count). The molecule has 1 aliphatic rings. The Balaban J connectivity index is 1.40. The van der Waals surface area contributed by atoms with Gasteiger partial charge in [-0.1, -0.05) is 12.1 Å². The molecule has 0 spiro atoms. The minimum absolute atomic E-state index is 0.271. The summed E-state index contributed by atoms with van der Waals surface area (Å²) >= 11 is 0. The van der Waals surface area contributed by atoms with Crippen molar-refractivity contribution in [1.82, 2.24) is 19.6 Å². The van der Waals surface area contributed by atoms with Crippen LogP contribution in [-0.2, 0) is 14.5 Å². The lowest BCUT2D eigenvalue weighted by Crippen LogP contribution is -2.36. The van der Waals surface area contributed by atoms with Crippen LogP contribution in [0.25, 0.3) is 27.8 Å². The van der Waals surface area contributed by atoms with Gasteiger partial charge >= 0.3 is 10.3 Å². The number of nitrogens with one attached hydrogen (secondary N) is 1. The fourth-order valence-electron chi connectivity index (χ4n) is 4.19. The van der Waals surface area contributed by atoms with Gasteiger partial charge in [0.05, 0.1) is 30.0 Å². The zero-order chi connectivity index (χ0) is 23.2. The van der Waals surface area contributed by atoms with Gasteiger partial charge in [0.2, 0.25) is 0 Å². The largest absolute Gasteiger partial charge is 0.390 e. The maximum absolute atomic E-state index is 11.1. The zero-order valence-electron chi connectivity index (χ0n) is 17.3. The van der Waals surface area contributed by atoms with E-state index >= 15 is 0 Å². The fourth-order valence-corrected chi connectivity index (χ4v) is 4.55. The predicted octanol–water partition coefficient (Wildman–Crippen LogP) is 0.687. The van der Waals surface area contributed by atoms with Crippen molar-refractivity contribution in [2.24, 2.45) is 11.1 Å². The van der Waals surface area contributed by atoms with Crippen LogP contribution in [0.2, 0.25) is 0 Å². The maximum Gasteiger partial charge on any atom is 0.333 e. The first-order valence-electron chi connectivity index (χ1n) is 10.3. The topological polar surface area (TPSA) is 165 Å². The number of hydrogen-bond acceptors (Lipinski definition) is 9. The lowest BCUT2D eigenvalue weighted by Gasteiger charge is -2.19. The van der Waals surface area contributed by atoms with Gasteiger partial charge in [0, 0.05) is 35.3 Å². The van der Waals surface area contributed by atoms with Crippen LogP contribution in [0.4, 0.5) is 5.82 Å². The van der Waals surface area contributed by atoms with Gasteiger partial charge in [-0.05, 0) is 30.7 Å². The average molecular weight is 471 g/mol. The first-order valence-corrected chi connectivity index (χ1v) is 11.8. The standard InChI is InChI=1S/C21H22N6O5S/c22-33(30,31)32-11-14-9-17(21(29)20(14)28)25-18-5-7-24-19-10-16(26-27(18)19)13-3-4-15-12(8-13)2-1-6-23-15/h1-8,10,14,17,20-21,25,28-29H,9,11H2,(H2,22,30,31)/t14-,17-,20-,21+/m1/s1.